The Hall–Kier alpha value is -0.590. The van der Waals surface area contributed by atoms with Crippen LogP contribution in [0.25, 0.3) is 0 Å². The third-order valence-corrected chi connectivity index (χ3v) is 5.48. The molecule has 2 atom stereocenters. The first kappa shape index (κ1) is 15.8. The maximum absolute atomic E-state index is 11.2. The summed E-state index contributed by atoms with van der Waals surface area (Å²) in [5, 5.41) is 21.0. The average Bonchev–Trinajstić information content (AvgIpc) is 2.38. The number of nitrogens with zero attached hydrogens (tertiary/aromatic N) is 1. The molecule has 0 aromatic rings. The molecule has 114 valence electrons. The van der Waals surface area contributed by atoms with E-state index in [2.05, 4.69) is 13.0 Å². The van der Waals surface area contributed by atoms with Gasteiger partial charge in [-0.15, -0.1) is 0 Å². The second-order valence-corrected chi connectivity index (χ2v) is 7.12. The van der Waals surface area contributed by atoms with Gasteiger partial charge in [0, 0.05) is 12.8 Å². The zero-order chi connectivity index (χ0) is 14.8. The van der Waals surface area contributed by atoms with E-state index >= 15 is 0 Å². The van der Waals surface area contributed by atoms with E-state index in [-0.39, 0.29) is 12.2 Å². The van der Waals surface area contributed by atoms with Crippen LogP contribution in [0.3, 0.4) is 0 Å². The summed E-state index contributed by atoms with van der Waals surface area (Å²) in [6, 6.07) is 2.53. The molecule has 3 nitrogen and oxygen atoms in total. The highest BCUT2D eigenvalue weighted by atomic mass is 16.5. The fourth-order valence-corrected chi connectivity index (χ4v) is 4.47. The van der Waals surface area contributed by atoms with Crippen LogP contribution in [0.5, 0.6) is 0 Å². The van der Waals surface area contributed by atoms with Crippen LogP contribution in [0.4, 0.5) is 0 Å². The standard InChI is InChI=1S/C17H29NO2/c1-4-5-15-6-8-16(12-18,9-7-15)17(19)10-13(2)20-14(3)11-17/h13-15,19H,4-11H2,1-3H3. The molecule has 0 spiro atoms. The summed E-state index contributed by atoms with van der Waals surface area (Å²) >= 11 is 0. The Morgan fingerprint density at radius 3 is 2.20 bits per heavy atom. The van der Waals surface area contributed by atoms with Gasteiger partial charge in [-0.25, -0.2) is 0 Å². The largest absolute Gasteiger partial charge is 0.388 e. The Morgan fingerprint density at radius 2 is 1.75 bits per heavy atom. The molecule has 3 heteroatoms. The molecular formula is C17H29NO2. The van der Waals surface area contributed by atoms with Gasteiger partial charge >= 0.3 is 0 Å². The zero-order valence-electron chi connectivity index (χ0n) is 13.2. The second kappa shape index (κ2) is 6.03. The van der Waals surface area contributed by atoms with E-state index < -0.39 is 11.0 Å². The van der Waals surface area contributed by atoms with Crippen molar-refractivity contribution >= 4 is 0 Å². The Bertz CT molecular complexity index is 356. The minimum atomic E-state index is -0.865. The van der Waals surface area contributed by atoms with E-state index in [9.17, 15) is 10.4 Å². The van der Waals surface area contributed by atoms with Gasteiger partial charge < -0.3 is 9.84 Å². The maximum Gasteiger partial charge on any atom is 0.0882 e. The summed E-state index contributed by atoms with van der Waals surface area (Å²) in [5.41, 5.74) is -1.42. The number of aliphatic hydroxyl groups is 1. The van der Waals surface area contributed by atoms with Gasteiger partial charge in [-0.2, -0.15) is 5.26 Å². The minimum Gasteiger partial charge on any atom is -0.388 e. The molecule has 2 aliphatic rings. The van der Waals surface area contributed by atoms with Crippen LogP contribution in [-0.4, -0.2) is 22.9 Å². The van der Waals surface area contributed by atoms with E-state index in [1.54, 1.807) is 0 Å². The Kier molecular flexibility index (Phi) is 4.76. The Balaban J connectivity index is 2.13. The first-order chi connectivity index (χ1) is 9.44. The molecule has 1 saturated carbocycles. The van der Waals surface area contributed by atoms with Crippen LogP contribution in [0.2, 0.25) is 0 Å². The molecule has 0 bridgehead atoms. The van der Waals surface area contributed by atoms with Crippen molar-refractivity contribution in [2.24, 2.45) is 11.3 Å². The third-order valence-electron chi connectivity index (χ3n) is 5.48. The SMILES string of the molecule is CCCC1CCC(C#N)(C2(O)CC(C)OC(C)C2)CC1. The fourth-order valence-electron chi connectivity index (χ4n) is 4.47. The molecule has 1 aliphatic heterocycles. The third kappa shape index (κ3) is 2.87. The van der Waals surface area contributed by atoms with Crippen molar-refractivity contribution in [1.29, 1.82) is 5.26 Å². The van der Waals surface area contributed by atoms with Gasteiger partial charge in [0.1, 0.15) is 0 Å². The zero-order valence-corrected chi connectivity index (χ0v) is 13.2. The lowest BCUT2D eigenvalue weighted by Gasteiger charge is -2.51. The van der Waals surface area contributed by atoms with Crippen molar-refractivity contribution in [3.8, 4) is 6.07 Å². The molecule has 20 heavy (non-hydrogen) atoms. The molecular weight excluding hydrogens is 250 g/mol. The second-order valence-electron chi connectivity index (χ2n) is 7.12. The van der Waals surface area contributed by atoms with E-state index in [0.717, 1.165) is 31.6 Å². The van der Waals surface area contributed by atoms with Gasteiger partial charge in [-0.1, -0.05) is 19.8 Å². The van der Waals surface area contributed by atoms with Crippen molar-refractivity contribution < 1.29 is 9.84 Å². The summed E-state index contributed by atoms with van der Waals surface area (Å²) in [5.74, 6) is 0.750. The van der Waals surface area contributed by atoms with Gasteiger partial charge in [0.25, 0.3) is 0 Å². The lowest BCUT2D eigenvalue weighted by atomic mass is 9.58. The molecule has 0 amide bonds. The topological polar surface area (TPSA) is 53.2 Å². The highest BCUT2D eigenvalue weighted by Gasteiger charge is 2.54. The molecule has 1 N–H and O–H groups in total. The molecule has 1 heterocycles. The van der Waals surface area contributed by atoms with Crippen molar-refractivity contribution in [1.82, 2.24) is 0 Å². The predicted molar refractivity (Wildman–Crippen MR) is 79.1 cm³/mol. The van der Waals surface area contributed by atoms with Crippen LogP contribution >= 0.6 is 0 Å². The summed E-state index contributed by atoms with van der Waals surface area (Å²) in [6.45, 7) is 6.24. The summed E-state index contributed by atoms with van der Waals surface area (Å²) in [6.07, 6.45) is 7.65. The molecule has 1 aliphatic carbocycles. The molecule has 1 saturated heterocycles. The number of ether oxygens (including phenoxy) is 1. The molecule has 2 rings (SSSR count). The lowest BCUT2D eigenvalue weighted by molar-refractivity contribution is -0.181. The highest BCUT2D eigenvalue weighted by Crippen LogP contribution is 2.52. The monoisotopic (exact) mass is 279 g/mol. The van der Waals surface area contributed by atoms with Crippen molar-refractivity contribution in [2.45, 2.75) is 89.9 Å². The van der Waals surface area contributed by atoms with E-state index in [4.69, 9.17) is 4.74 Å². The Morgan fingerprint density at radius 1 is 1.20 bits per heavy atom. The maximum atomic E-state index is 11.2. The van der Waals surface area contributed by atoms with Gasteiger partial charge in [0.05, 0.1) is 29.3 Å². The quantitative estimate of drug-likeness (QED) is 0.854. The van der Waals surface area contributed by atoms with Gasteiger partial charge in [0.2, 0.25) is 0 Å². The summed E-state index contributed by atoms with van der Waals surface area (Å²) < 4.78 is 5.75. The number of rotatable bonds is 3. The number of hydrogen-bond acceptors (Lipinski definition) is 3. The smallest absolute Gasteiger partial charge is 0.0882 e. The summed E-state index contributed by atoms with van der Waals surface area (Å²) in [7, 11) is 0. The molecule has 0 aromatic carbocycles. The van der Waals surface area contributed by atoms with E-state index in [1.807, 2.05) is 13.8 Å². The first-order valence-electron chi connectivity index (χ1n) is 8.24. The Labute approximate surface area is 123 Å². The number of hydrogen-bond donors (Lipinski definition) is 1. The predicted octanol–water partition coefficient (Wildman–Crippen LogP) is 3.81. The fraction of sp³-hybridized carbons (Fsp3) is 0.941. The summed E-state index contributed by atoms with van der Waals surface area (Å²) in [4.78, 5) is 0. The van der Waals surface area contributed by atoms with Gasteiger partial charge in [-0.05, 0) is 45.4 Å². The lowest BCUT2D eigenvalue weighted by Crippen LogP contribution is -2.55. The van der Waals surface area contributed by atoms with Gasteiger partial charge in [-0.3, -0.25) is 0 Å². The molecule has 0 aromatic heterocycles. The minimum absolute atomic E-state index is 0.0438. The van der Waals surface area contributed by atoms with Crippen LogP contribution in [0.15, 0.2) is 0 Å². The number of nitriles is 1. The molecule has 0 radical (unpaired) electrons. The molecule has 2 unspecified atom stereocenters. The van der Waals surface area contributed by atoms with Crippen LogP contribution < -0.4 is 0 Å². The van der Waals surface area contributed by atoms with Crippen molar-refractivity contribution in [3.63, 3.8) is 0 Å². The molecule has 2 fully saturated rings. The van der Waals surface area contributed by atoms with Crippen LogP contribution in [0.1, 0.15) is 72.1 Å². The average molecular weight is 279 g/mol. The van der Waals surface area contributed by atoms with Crippen molar-refractivity contribution in [3.05, 3.63) is 0 Å². The first-order valence-corrected chi connectivity index (χ1v) is 8.24. The highest BCUT2D eigenvalue weighted by molar-refractivity contribution is 5.14. The van der Waals surface area contributed by atoms with E-state index in [1.165, 1.54) is 12.8 Å². The van der Waals surface area contributed by atoms with Crippen LogP contribution in [0, 0.1) is 22.7 Å². The van der Waals surface area contributed by atoms with Crippen LogP contribution in [-0.2, 0) is 4.74 Å². The normalized spacial score (nSPS) is 45.9. The van der Waals surface area contributed by atoms with Crippen molar-refractivity contribution in [2.75, 3.05) is 0 Å². The van der Waals surface area contributed by atoms with Gasteiger partial charge in [0.15, 0.2) is 0 Å². The van der Waals surface area contributed by atoms with E-state index in [0.29, 0.717) is 12.8 Å².